The van der Waals surface area contributed by atoms with E-state index < -0.39 is 0 Å². The van der Waals surface area contributed by atoms with Gasteiger partial charge in [0.15, 0.2) is 10.9 Å². The average molecular weight is 616 g/mol. The van der Waals surface area contributed by atoms with Gasteiger partial charge in [-0.05, 0) is 91.6 Å². The van der Waals surface area contributed by atoms with Crippen molar-refractivity contribution in [1.29, 1.82) is 0 Å². The number of aryl methyl sites for hydroxylation is 1. The van der Waals surface area contributed by atoms with Crippen LogP contribution in [0.25, 0.3) is 10.9 Å². The van der Waals surface area contributed by atoms with Crippen molar-refractivity contribution in [1.82, 2.24) is 34.7 Å². The van der Waals surface area contributed by atoms with Gasteiger partial charge in [-0.1, -0.05) is 48.2 Å². The molecule has 0 amide bonds. The van der Waals surface area contributed by atoms with Crippen LogP contribution in [0, 0.1) is 6.92 Å². The number of nitrogens with zero attached hydrogens (tertiary/aromatic N) is 7. The molecule has 0 N–H and O–H groups in total. The molecule has 1 unspecified atom stereocenters. The molecule has 0 saturated carbocycles. The van der Waals surface area contributed by atoms with Gasteiger partial charge < -0.3 is 9.64 Å². The first-order valence-electron chi connectivity index (χ1n) is 13.8. The number of rotatable bonds is 12. The molecule has 12 heteroatoms. The zero-order valence-corrected chi connectivity index (χ0v) is 26.4. The van der Waals surface area contributed by atoms with Crippen LogP contribution < -0.4 is 10.3 Å². The SMILES string of the molecule is Cc1cccc2nc(SCc3ccc(C(=O)c4ccc(OC(C)Sc5nnnn5CCN(C)C)cc4)cc3)n(C)c(=O)c12. The number of ketones is 1. The molecule has 3 aromatic carbocycles. The van der Waals surface area contributed by atoms with Crippen LogP contribution in [0.15, 0.2) is 81.8 Å². The maximum absolute atomic E-state index is 13.1. The second-order valence-electron chi connectivity index (χ2n) is 10.4. The molecule has 5 aromatic rings. The van der Waals surface area contributed by atoms with Gasteiger partial charge in [0, 0.05) is 30.5 Å². The first-order chi connectivity index (χ1) is 20.7. The van der Waals surface area contributed by atoms with Gasteiger partial charge in [-0.2, -0.15) is 0 Å². The van der Waals surface area contributed by atoms with Gasteiger partial charge >= 0.3 is 0 Å². The summed E-state index contributed by atoms with van der Waals surface area (Å²) in [5.41, 5.74) is 3.55. The smallest absolute Gasteiger partial charge is 0.262 e. The fourth-order valence-electron chi connectivity index (χ4n) is 4.42. The van der Waals surface area contributed by atoms with Crippen LogP contribution in [-0.2, 0) is 19.3 Å². The number of likely N-dealkylation sites (N-methyl/N-ethyl adjacent to an activating group) is 1. The van der Waals surface area contributed by atoms with E-state index in [0.717, 1.165) is 17.7 Å². The number of hydrogen-bond acceptors (Lipinski definition) is 10. The Morgan fingerprint density at radius 3 is 2.40 bits per heavy atom. The molecule has 0 bridgehead atoms. The summed E-state index contributed by atoms with van der Waals surface area (Å²) < 4.78 is 9.40. The maximum atomic E-state index is 13.1. The molecule has 43 heavy (non-hydrogen) atoms. The Labute approximate surface area is 258 Å². The predicted octanol–water partition coefficient (Wildman–Crippen LogP) is 4.83. The second-order valence-corrected chi connectivity index (χ2v) is 12.6. The van der Waals surface area contributed by atoms with Gasteiger partial charge in [-0.25, -0.2) is 9.67 Å². The van der Waals surface area contributed by atoms with Crippen molar-refractivity contribution < 1.29 is 9.53 Å². The molecule has 10 nitrogen and oxygen atoms in total. The number of aromatic nitrogens is 6. The Morgan fingerprint density at radius 1 is 1.00 bits per heavy atom. The Hall–Kier alpha value is -4.00. The number of hydrogen-bond donors (Lipinski definition) is 0. The third-order valence-electron chi connectivity index (χ3n) is 6.80. The van der Waals surface area contributed by atoms with E-state index in [-0.39, 0.29) is 16.8 Å². The van der Waals surface area contributed by atoms with E-state index in [9.17, 15) is 9.59 Å². The fraction of sp³-hybridized carbons (Fsp3) is 0.290. The first-order valence-corrected chi connectivity index (χ1v) is 15.6. The van der Waals surface area contributed by atoms with Gasteiger partial charge in [-0.3, -0.25) is 14.2 Å². The van der Waals surface area contributed by atoms with Crippen LogP contribution in [0.4, 0.5) is 0 Å². The van der Waals surface area contributed by atoms with Crippen molar-refractivity contribution in [3.8, 4) is 5.75 Å². The number of ether oxygens (including phenoxy) is 1. The minimum Gasteiger partial charge on any atom is -0.480 e. The molecule has 2 aromatic heterocycles. The van der Waals surface area contributed by atoms with E-state index in [4.69, 9.17) is 9.72 Å². The third-order valence-corrected chi connectivity index (χ3v) is 8.84. The molecule has 0 aliphatic heterocycles. The van der Waals surface area contributed by atoms with E-state index in [1.807, 2.05) is 70.4 Å². The quantitative estimate of drug-likeness (QED) is 0.0838. The second kappa shape index (κ2) is 13.5. The van der Waals surface area contributed by atoms with Crippen molar-refractivity contribution in [2.75, 3.05) is 20.6 Å². The molecule has 0 fully saturated rings. The number of benzene rings is 3. The van der Waals surface area contributed by atoms with Crippen molar-refractivity contribution in [2.24, 2.45) is 7.05 Å². The van der Waals surface area contributed by atoms with Crippen LogP contribution >= 0.6 is 23.5 Å². The Balaban J connectivity index is 1.17. The molecule has 0 saturated heterocycles. The number of thioether (sulfide) groups is 2. The summed E-state index contributed by atoms with van der Waals surface area (Å²) in [7, 11) is 5.76. The summed E-state index contributed by atoms with van der Waals surface area (Å²) in [5.74, 6) is 1.21. The highest BCUT2D eigenvalue weighted by Gasteiger charge is 2.15. The van der Waals surface area contributed by atoms with E-state index in [1.54, 1.807) is 40.6 Å². The Morgan fingerprint density at radius 2 is 1.70 bits per heavy atom. The van der Waals surface area contributed by atoms with E-state index >= 15 is 0 Å². The van der Waals surface area contributed by atoms with E-state index in [2.05, 4.69) is 20.4 Å². The fourth-order valence-corrected chi connectivity index (χ4v) is 6.13. The molecule has 0 spiro atoms. The lowest BCUT2D eigenvalue weighted by molar-refractivity contribution is 0.103. The molecule has 0 radical (unpaired) electrons. The van der Waals surface area contributed by atoms with Gasteiger partial charge in [0.05, 0.1) is 17.4 Å². The van der Waals surface area contributed by atoms with Gasteiger partial charge in [-0.15, -0.1) is 5.10 Å². The molecule has 0 aliphatic carbocycles. The number of fused-ring (bicyclic) bond motifs is 1. The lowest BCUT2D eigenvalue weighted by atomic mass is 10.0. The maximum Gasteiger partial charge on any atom is 0.262 e. The average Bonchev–Trinajstić information content (AvgIpc) is 3.44. The molecule has 1 atom stereocenters. The lowest BCUT2D eigenvalue weighted by Crippen LogP contribution is -2.20. The number of carbonyl (C=O) groups is 1. The molecule has 222 valence electrons. The van der Waals surface area contributed by atoms with E-state index in [1.165, 1.54) is 23.5 Å². The number of carbonyl (C=O) groups excluding carboxylic acids is 1. The standard InChI is InChI=1S/C31H33N7O3S2/c1-20-7-6-8-26-27(20)29(40)37(5)30(32-26)42-19-22-9-11-23(12-10-22)28(39)24-13-15-25(16-14-24)41-21(2)43-31-33-34-35-38(31)18-17-36(3)4/h6-16,21H,17-19H2,1-5H3. The summed E-state index contributed by atoms with van der Waals surface area (Å²) in [5, 5.41) is 13.9. The molecule has 0 aliphatic rings. The minimum absolute atomic E-state index is 0.0476. The minimum atomic E-state index is -0.229. The van der Waals surface area contributed by atoms with Crippen LogP contribution in [0.3, 0.4) is 0 Å². The molecular weight excluding hydrogens is 583 g/mol. The van der Waals surface area contributed by atoms with Crippen molar-refractivity contribution in [3.05, 3.63) is 99.3 Å². The van der Waals surface area contributed by atoms with Crippen LogP contribution in [0.2, 0.25) is 0 Å². The van der Waals surface area contributed by atoms with Crippen LogP contribution in [0.1, 0.15) is 34.0 Å². The zero-order valence-electron chi connectivity index (χ0n) is 24.7. The summed E-state index contributed by atoms with van der Waals surface area (Å²) >= 11 is 2.93. The Kier molecular flexibility index (Phi) is 9.59. The van der Waals surface area contributed by atoms with Crippen LogP contribution in [0.5, 0.6) is 5.75 Å². The van der Waals surface area contributed by atoms with Gasteiger partial charge in [0.25, 0.3) is 5.56 Å². The highest BCUT2D eigenvalue weighted by molar-refractivity contribution is 7.99. The van der Waals surface area contributed by atoms with Crippen molar-refractivity contribution in [3.63, 3.8) is 0 Å². The predicted molar refractivity (Wildman–Crippen MR) is 170 cm³/mol. The van der Waals surface area contributed by atoms with E-state index in [0.29, 0.717) is 50.4 Å². The highest BCUT2D eigenvalue weighted by Crippen LogP contribution is 2.26. The van der Waals surface area contributed by atoms with Crippen LogP contribution in [-0.4, -0.2) is 66.5 Å². The van der Waals surface area contributed by atoms with Gasteiger partial charge in [0.2, 0.25) is 5.16 Å². The largest absolute Gasteiger partial charge is 0.480 e. The molecule has 2 heterocycles. The lowest BCUT2D eigenvalue weighted by Gasteiger charge is -2.15. The number of tetrazole rings is 1. The topological polar surface area (TPSA) is 108 Å². The monoisotopic (exact) mass is 615 g/mol. The van der Waals surface area contributed by atoms with Gasteiger partial charge in [0.1, 0.15) is 11.2 Å². The highest BCUT2D eigenvalue weighted by atomic mass is 32.2. The summed E-state index contributed by atoms with van der Waals surface area (Å²) in [6, 6.07) is 20.4. The molecule has 5 rings (SSSR count). The third kappa shape index (κ3) is 7.32. The normalized spacial score (nSPS) is 12.1. The van der Waals surface area contributed by atoms with Crippen molar-refractivity contribution >= 4 is 40.2 Å². The summed E-state index contributed by atoms with van der Waals surface area (Å²) in [6.07, 6.45) is 0. The summed E-state index contributed by atoms with van der Waals surface area (Å²) in [4.78, 5) is 32.8. The van der Waals surface area contributed by atoms with Crippen molar-refractivity contribution in [2.45, 2.75) is 41.9 Å². The molecular formula is C31H33N7O3S2. The Bertz CT molecular complexity index is 1780. The first kappa shape index (κ1) is 30.5. The zero-order chi connectivity index (χ0) is 30.5. The summed E-state index contributed by atoms with van der Waals surface area (Å²) in [6.45, 7) is 5.38.